The van der Waals surface area contributed by atoms with Crippen molar-refractivity contribution in [3.05, 3.63) is 0 Å². The number of rotatable bonds is 0. The van der Waals surface area contributed by atoms with E-state index < -0.39 is 19.7 Å². The van der Waals surface area contributed by atoms with Gasteiger partial charge in [-0.05, 0) is 6.04 Å². The summed E-state index contributed by atoms with van der Waals surface area (Å²) in [6.45, 7) is -5.18. The van der Waals surface area contributed by atoms with Crippen molar-refractivity contribution < 1.29 is 8.22 Å². The first-order chi connectivity index (χ1) is 4.15. The molecule has 0 rings (SSSR count). The van der Waals surface area contributed by atoms with E-state index in [0.717, 1.165) is 0 Å². The van der Waals surface area contributed by atoms with Crippen LogP contribution in [0.3, 0.4) is 0 Å². The van der Waals surface area contributed by atoms with Crippen LogP contribution in [0.25, 0.3) is 0 Å². The van der Waals surface area contributed by atoms with E-state index in [1.165, 1.54) is 0 Å². The molecule has 0 radical (unpaired) electrons. The lowest BCUT2D eigenvalue weighted by Crippen LogP contribution is -2.06. The lowest BCUT2D eigenvalue weighted by Gasteiger charge is -1.81. The first-order valence-corrected chi connectivity index (χ1v) is 0.911. The Morgan fingerprint density at radius 1 is 1.80 bits per heavy atom. The maximum Gasteiger partial charge on any atom is 0.0246 e. The third kappa shape index (κ3) is 344. The van der Waals surface area contributed by atoms with E-state index in [4.69, 9.17) is 14.0 Å². The van der Waals surface area contributed by atoms with Gasteiger partial charge in [0.2, 0.25) is 0 Å². The van der Waals surface area contributed by atoms with Gasteiger partial charge in [0.1, 0.15) is 0 Å². The summed E-state index contributed by atoms with van der Waals surface area (Å²) in [6, 6.07) is -1.74. The molecular formula is C3H10ClN. The average Bonchev–Trinajstić information content (AvgIpc) is 1.59. The van der Waals surface area contributed by atoms with E-state index in [-0.39, 0.29) is 12.4 Å². The minimum absolute atomic E-state index is 0. The predicted molar refractivity (Wildman–Crippen MR) is 26.6 cm³/mol. The fraction of sp³-hybridized carbons (Fsp3) is 1.00. The molecule has 0 aliphatic heterocycles. The fourth-order valence-corrected chi connectivity index (χ4v) is 0. The van der Waals surface area contributed by atoms with Crippen molar-refractivity contribution in [2.75, 3.05) is 0 Å². The summed E-state index contributed by atoms with van der Waals surface area (Å²) >= 11 is 0. The van der Waals surface area contributed by atoms with Crippen LogP contribution in [0.4, 0.5) is 0 Å². The number of hydrogen-bond donors (Lipinski definition) is 1. The Balaban J connectivity index is 0. The van der Waals surface area contributed by atoms with Crippen LogP contribution in [-0.2, 0) is 0 Å². The molecular weight excluding hydrogens is 85.5 g/mol. The van der Waals surface area contributed by atoms with Gasteiger partial charge in [0.15, 0.2) is 0 Å². The second kappa shape index (κ2) is 4.25. The van der Waals surface area contributed by atoms with Crippen LogP contribution < -0.4 is 5.73 Å². The highest BCUT2D eigenvalue weighted by Crippen LogP contribution is 1.58. The van der Waals surface area contributed by atoms with Gasteiger partial charge in [-0.3, -0.25) is 0 Å². The molecule has 0 amide bonds. The van der Waals surface area contributed by atoms with E-state index in [0.29, 0.717) is 0 Å². The van der Waals surface area contributed by atoms with Gasteiger partial charge in [-0.15, -0.1) is 12.4 Å². The molecule has 0 aromatic heterocycles. The fourth-order valence-electron chi connectivity index (χ4n) is 0. The minimum Gasteiger partial charge on any atom is -0.328 e. The molecule has 0 atom stereocenters. The summed E-state index contributed by atoms with van der Waals surface area (Å²) < 4.78 is 39.9. The monoisotopic (exact) mass is 101 g/mol. The summed E-state index contributed by atoms with van der Waals surface area (Å²) in [6.07, 6.45) is 0. The molecule has 0 saturated carbocycles. The van der Waals surface area contributed by atoms with Crippen molar-refractivity contribution in [1.29, 1.82) is 0 Å². The van der Waals surface area contributed by atoms with Crippen molar-refractivity contribution in [3.63, 3.8) is 0 Å². The van der Waals surface area contributed by atoms with E-state index in [2.05, 4.69) is 0 Å². The highest BCUT2D eigenvalue weighted by molar-refractivity contribution is 5.85. The van der Waals surface area contributed by atoms with Crippen molar-refractivity contribution >= 4 is 12.4 Å². The van der Waals surface area contributed by atoms with Gasteiger partial charge in [-0.2, -0.15) is 0 Å². The molecule has 0 heterocycles. The number of halogens is 1. The number of nitrogens with two attached hydrogens (primary N) is 1. The van der Waals surface area contributed by atoms with Gasteiger partial charge in [-0.25, -0.2) is 0 Å². The molecule has 0 saturated heterocycles. The highest BCUT2D eigenvalue weighted by Gasteiger charge is 1.67. The molecule has 34 valence electrons. The Hall–Kier alpha value is 0.250. The Morgan fingerprint density at radius 3 is 2.20 bits per heavy atom. The first-order valence-electron chi connectivity index (χ1n) is 3.91. The van der Waals surface area contributed by atoms with Gasteiger partial charge in [0.05, 0.1) is 0 Å². The van der Waals surface area contributed by atoms with Gasteiger partial charge in [0, 0.05) is 8.22 Å². The standard InChI is InChI=1S/C3H9N.ClH/c1-3(2)4;/h3H,4H2,1-2H3;1H/i1D3,2D3;. The lowest BCUT2D eigenvalue weighted by molar-refractivity contribution is 0.834. The van der Waals surface area contributed by atoms with Crippen LogP contribution in [0.15, 0.2) is 0 Å². The quantitative estimate of drug-likeness (QED) is 0.480. The highest BCUT2D eigenvalue weighted by atomic mass is 35.5. The predicted octanol–water partition coefficient (Wildman–Crippen LogP) is 0.775. The van der Waals surface area contributed by atoms with Crippen molar-refractivity contribution in [3.8, 4) is 0 Å². The average molecular weight is 102 g/mol. The second-order valence-electron chi connectivity index (χ2n) is 0.478. The maximum atomic E-state index is 6.64. The smallest absolute Gasteiger partial charge is 0.0246 e. The van der Waals surface area contributed by atoms with Crippen molar-refractivity contribution in [2.24, 2.45) is 5.73 Å². The van der Waals surface area contributed by atoms with Crippen LogP contribution in [0, 0.1) is 0 Å². The van der Waals surface area contributed by atoms with Gasteiger partial charge >= 0.3 is 0 Å². The third-order valence-electron chi connectivity index (χ3n) is 0. The molecule has 0 fully saturated rings. The summed E-state index contributed by atoms with van der Waals surface area (Å²) in [7, 11) is 0. The molecule has 5 heavy (non-hydrogen) atoms. The molecule has 0 aromatic rings. The van der Waals surface area contributed by atoms with Gasteiger partial charge in [-0.1, -0.05) is 13.7 Å². The molecule has 1 nitrogen and oxygen atoms in total. The number of hydrogen-bond acceptors (Lipinski definition) is 1. The Kier molecular flexibility index (Phi) is 0.942. The second-order valence-corrected chi connectivity index (χ2v) is 0.478. The van der Waals surface area contributed by atoms with E-state index in [1.807, 2.05) is 0 Å². The summed E-state index contributed by atoms with van der Waals surface area (Å²) in [5.74, 6) is 0. The van der Waals surface area contributed by atoms with E-state index in [1.54, 1.807) is 0 Å². The molecule has 0 bridgehead atoms. The van der Waals surface area contributed by atoms with Gasteiger partial charge in [0.25, 0.3) is 0 Å². The van der Waals surface area contributed by atoms with E-state index in [9.17, 15) is 0 Å². The topological polar surface area (TPSA) is 26.0 Å². The Labute approximate surface area is 47.4 Å². The zero-order valence-corrected chi connectivity index (χ0v) is 3.38. The molecule has 2 heteroatoms. The molecule has 0 unspecified atom stereocenters. The van der Waals surface area contributed by atoms with E-state index >= 15 is 0 Å². The van der Waals surface area contributed by atoms with Crippen LogP contribution in [-0.4, -0.2) is 6.04 Å². The Morgan fingerprint density at radius 2 is 2.20 bits per heavy atom. The largest absolute Gasteiger partial charge is 0.328 e. The Bertz CT molecular complexity index is 102. The van der Waals surface area contributed by atoms with Crippen molar-refractivity contribution in [1.82, 2.24) is 0 Å². The molecule has 0 spiro atoms. The SMILES string of the molecule is Cl.[2H]C([2H])([2H])C(N)C([2H])([2H])[2H]. The normalized spacial score (nSPS) is 30.0. The first kappa shape index (κ1) is 1.11. The lowest BCUT2D eigenvalue weighted by atomic mass is 10.5. The van der Waals surface area contributed by atoms with Crippen LogP contribution in [0.5, 0.6) is 0 Å². The van der Waals surface area contributed by atoms with Crippen LogP contribution in [0.1, 0.15) is 21.9 Å². The van der Waals surface area contributed by atoms with Gasteiger partial charge < -0.3 is 5.73 Å². The molecule has 0 aromatic carbocycles. The third-order valence-corrected chi connectivity index (χ3v) is 0. The molecule has 0 aliphatic carbocycles. The summed E-state index contributed by atoms with van der Waals surface area (Å²) in [5.41, 5.74) is 4.90. The summed E-state index contributed by atoms with van der Waals surface area (Å²) in [5, 5.41) is 0. The van der Waals surface area contributed by atoms with Crippen LogP contribution in [0.2, 0.25) is 0 Å². The zero-order valence-electron chi connectivity index (χ0n) is 8.56. The molecule has 0 aliphatic rings. The maximum absolute atomic E-state index is 6.64. The minimum atomic E-state index is -2.59. The van der Waals surface area contributed by atoms with Crippen LogP contribution >= 0.6 is 12.4 Å². The zero-order chi connectivity index (χ0) is 8.58. The van der Waals surface area contributed by atoms with Crippen molar-refractivity contribution in [2.45, 2.75) is 19.7 Å². The summed E-state index contributed by atoms with van der Waals surface area (Å²) in [4.78, 5) is 0. The molecule has 2 N–H and O–H groups in total.